The van der Waals surface area contributed by atoms with Crippen LogP contribution >= 0.6 is 23.5 Å². The molecule has 1 unspecified atom stereocenters. The van der Waals surface area contributed by atoms with Gasteiger partial charge in [0.2, 0.25) is 5.96 Å². The molecule has 2 aromatic rings. The summed E-state index contributed by atoms with van der Waals surface area (Å²) in [6.07, 6.45) is 4.69. The van der Waals surface area contributed by atoms with E-state index in [-0.39, 0.29) is 5.54 Å². The van der Waals surface area contributed by atoms with E-state index in [9.17, 15) is 0 Å². The second-order valence-corrected chi connectivity index (χ2v) is 8.93. The van der Waals surface area contributed by atoms with Crippen LogP contribution in [0.5, 0.6) is 0 Å². The van der Waals surface area contributed by atoms with Crippen molar-refractivity contribution in [3.05, 3.63) is 70.7 Å². The minimum atomic E-state index is 0.0644. The Kier molecular flexibility index (Phi) is 4.13. The summed E-state index contributed by atoms with van der Waals surface area (Å²) < 4.78 is 2.41. The topological polar surface area (TPSA) is 18.8 Å². The van der Waals surface area contributed by atoms with E-state index in [1.54, 1.807) is 0 Å². The summed E-state index contributed by atoms with van der Waals surface area (Å²) in [5.74, 6) is 1.19. The number of nitrogens with zero attached hydrogens (tertiary/aromatic N) is 3. The summed E-state index contributed by atoms with van der Waals surface area (Å²) >= 11 is 8.12. The molecule has 5 heteroatoms. The van der Waals surface area contributed by atoms with E-state index >= 15 is 0 Å². The number of benzene rings is 2. The fraction of sp³-hybridized carbons (Fsp3) is 0.381. The van der Waals surface area contributed by atoms with Gasteiger partial charge in [-0.2, -0.15) is 0 Å². The van der Waals surface area contributed by atoms with Gasteiger partial charge >= 0.3 is 0 Å². The van der Waals surface area contributed by atoms with Crippen molar-refractivity contribution >= 4 is 29.5 Å². The normalized spacial score (nSPS) is 23.6. The van der Waals surface area contributed by atoms with Gasteiger partial charge in [-0.15, -0.1) is 0 Å². The minimum Gasteiger partial charge on any atom is -0.318 e. The fourth-order valence-electron chi connectivity index (χ4n) is 4.39. The number of guanidine groups is 1. The van der Waals surface area contributed by atoms with E-state index in [2.05, 4.69) is 51.7 Å². The Bertz CT molecular complexity index is 817. The summed E-state index contributed by atoms with van der Waals surface area (Å²) in [6, 6.07) is 19.3. The van der Waals surface area contributed by atoms with Crippen LogP contribution in [0.15, 0.2) is 59.6 Å². The molecule has 0 amide bonds. The Morgan fingerprint density at radius 3 is 2.54 bits per heavy atom. The lowest BCUT2D eigenvalue weighted by molar-refractivity contribution is 0.0648. The highest BCUT2D eigenvalue weighted by atomic mass is 35.5. The van der Waals surface area contributed by atoms with Crippen molar-refractivity contribution in [3.63, 3.8) is 0 Å². The number of fused-ring (bicyclic) bond motifs is 1. The zero-order valence-electron chi connectivity index (χ0n) is 14.6. The molecule has 1 atom stereocenters. The third-order valence-corrected chi connectivity index (χ3v) is 7.28. The Labute approximate surface area is 164 Å². The van der Waals surface area contributed by atoms with E-state index < -0.39 is 0 Å². The highest BCUT2D eigenvalue weighted by molar-refractivity contribution is 7.98. The van der Waals surface area contributed by atoms with E-state index in [0.29, 0.717) is 5.37 Å². The van der Waals surface area contributed by atoms with Crippen molar-refractivity contribution in [2.45, 2.75) is 36.6 Å². The van der Waals surface area contributed by atoms with E-state index in [4.69, 9.17) is 16.6 Å². The molecule has 0 radical (unpaired) electrons. The maximum atomic E-state index is 6.16. The fourth-order valence-corrected chi connectivity index (χ4v) is 5.89. The predicted octanol–water partition coefficient (Wildman–Crippen LogP) is 4.92. The standard InChI is InChI=1S/C21H22ClN3S/c22-18-9-7-17(8-10-18)21(11-4-12-21)25-19(15-16-5-2-1-3-6-16)26-24-14-13-23-20(24)25/h1-3,5-10,19H,4,11-15H2. The molecule has 134 valence electrons. The van der Waals surface area contributed by atoms with Crippen LogP contribution in [0.2, 0.25) is 5.02 Å². The van der Waals surface area contributed by atoms with Crippen LogP contribution in [0.4, 0.5) is 0 Å². The van der Waals surface area contributed by atoms with Gasteiger partial charge < -0.3 is 4.90 Å². The van der Waals surface area contributed by atoms with Crippen molar-refractivity contribution < 1.29 is 0 Å². The molecule has 0 N–H and O–H groups in total. The molecule has 3 aliphatic rings. The largest absolute Gasteiger partial charge is 0.318 e. The van der Waals surface area contributed by atoms with Crippen molar-refractivity contribution in [3.8, 4) is 0 Å². The third kappa shape index (κ3) is 2.62. The Hall–Kier alpha value is -1.65. The zero-order chi connectivity index (χ0) is 17.6. The number of aliphatic imine (C=N–C) groups is 1. The van der Waals surface area contributed by atoms with Crippen LogP contribution in [0.25, 0.3) is 0 Å². The van der Waals surface area contributed by atoms with Crippen LogP contribution in [0.1, 0.15) is 30.4 Å². The predicted molar refractivity (Wildman–Crippen MR) is 109 cm³/mol. The molecule has 1 saturated carbocycles. The highest BCUT2D eigenvalue weighted by Crippen LogP contribution is 2.53. The molecule has 5 rings (SSSR count). The lowest BCUT2D eigenvalue weighted by Gasteiger charge is -2.51. The van der Waals surface area contributed by atoms with E-state index in [1.165, 1.54) is 36.3 Å². The first kappa shape index (κ1) is 16.5. The molecule has 26 heavy (non-hydrogen) atoms. The summed E-state index contributed by atoms with van der Waals surface area (Å²) in [5.41, 5.74) is 2.83. The van der Waals surface area contributed by atoms with Gasteiger partial charge in [-0.1, -0.05) is 54.1 Å². The monoisotopic (exact) mass is 383 g/mol. The molecule has 2 heterocycles. The molecule has 0 spiro atoms. The Morgan fingerprint density at radius 2 is 1.85 bits per heavy atom. The molecule has 0 aromatic heterocycles. The van der Waals surface area contributed by atoms with Crippen molar-refractivity contribution in [2.75, 3.05) is 13.1 Å². The highest BCUT2D eigenvalue weighted by Gasteiger charge is 2.53. The summed E-state index contributed by atoms with van der Waals surface area (Å²) in [5, 5.41) is 1.20. The zero-order valence-corrected chi connectivity index (χ0v) is 16.2. The van der Waals surface area contributed by atoms with Crippen molar-refractivity contribution in [1.29, 1.82) is 0 Å². The van der Waals surface area contributed by atoms with Crippen LogP contribution in [-0.4, -0.2) is 33.6 Å². The molecule has 3 nitrogen and oxygen atoms in total. The van der Waals surface area contributed by atoms with Gasteiger partial charge in [0.25, 0.3) is 0 Å². The molecule has 2 aromatic carbocycles. The molecule has 1 aliphatic carbocycles. The van der Waals surface area contributed by atoms with Gasteiger partial charge in [0.1, 0.15) is 5.37 Å². The van der Waals surface area contributed by atoms with Gasteiger partial charge in [-0.3, -0.25) is 9.30 Å². The summed E-state index contributed by atoms with van der Waals surface area (Å²) in [4.78, 5) is 7.51. The van der Waals surface area contributed by atoms with Crippen LogP contribution in [0, 0.1) is 0 Å². The molecule has 2 fully saturated rings. The van der Waals surface area contributed by atoms with Gasteiger partial charge in [0.15, 0.2) is 0 Å². The van der Waals surface area contributed by atoms with Gasteiger partial charge in [0, 0.05) is 11.4 Å². The Balaban J connectivity index is 1.53. The van der Waals surface area contributed by atoms with Crippen LogP contribution in [0.3, 0.4) is 0 Å². The number of rotatable bonds is 4. The number of hydrogen-bond donors (Lipinski definition) is 0. The van der Waals surface area contributed by atoms with Crippen molar-refractivity contribution in [2.24, 2.45) is 4.99 Å². The van der Waals surface area contributed by atoms with E-state index in [1.807, 2.05) is 24.1 Å². The first-order chi connectivity index (χ1) is 12.8. The first-order valence-electron chi connectivity index (χ1n) is 9.34. The van der Waals surface area contributed by atoms with Crippen LogP contribution < -0.4 is 0 Å². The first-order valence-corrected chi connectivity index (χ1v) is 10.6. The second kappa shape index (κ2) is 6.50. The lowest BCUT2D eigenvalue weighted by atomic mass is 9.70. The Morgan fingerprint density at radius 1 is 1.08 bits per heavy atom. The van der Waals surface area contributed by atoms with E-state index in [0.717, 1.165) is 24.5 Å². The molecule has 1 saturated heterocycles. The minimum absolute atomic E-state index is 0.0644. The van der Waals surface area contributed by atoms with Gasteiger partial charge in [-0.05, 0) is 54.5 Å². The second-order valence-electron chi connectivity index (χ2n) is 7.30. The summed E-state index contributed by atoms with van der Waals surface area (Å²) in [7, 11) is 0. The smallest absolute Gasteiger partial charge is 0.208 e. The molecular weight excluding hydrogens is 362 g/mol. The lowest BCUT2D eigenvalue weighted by Crippen LogP contribution is -2.55. The van der Waals surface area contributed by atoms with Crippen LogP contribution in [-0.2, 0) is 12.0 Å². The average Bonchev–Trinajstić information content (AvgIpc) is 3.19. The number of halogens is 1. The SMILES string of the molecule is Clc1ccc(C2(N3C4=NCCN4SC3Cc3ccccc3)CCC2)cc1. The third-order valence-electron chi connectivity index (χ3n) is 5.81. The van der Waals surface area contributed by atoms with Crippen molar-refractivity contribution in [1.82, 2.24) is 9.21 Å². The molecular formula is C21H22ClN3S. The molecule has 0 bridgehead atoms. The average molecular weight is 384 g/mol. The maximum Gasteiger partial charge on any atom is 0.208 e. The number of hydrogen-bond acceptors (Lipinski definition) is 4. The summed E-state index contributed by atoms with van der Waals surface area (Å²) in [6.45, 7) is 1.94. The quantitative estimate of drug-likeness (QED) is 0.698. The maximum absolute atomic E-state index is 6.16. The van der Waals surface area contributed by atoms with Gasteiger partial charge in [0.05, 0.1) is 18.6 Å². The van der Waals surface area contributed by atoms with Gasteiger partial charge in [-0.25, -0.2) is 0 Å². The molecule has 2 aliphatic heterocycles.